The number of nitrogens with zero attached hydrogens (tertiary/aromatic N) is 5. The van der Waals surface area contributed by atoms with Crippen molar-refractivity contribution in [3.63, 3.8) is 0 Å². The predicted octanol–water partition coefficient (Wildman–Crippen LogP) is 3.56. The number of benzene rings is 1. The zero-order valence-electron chi connectivity index (χ0n) is 19.4. The van der Waals surface area contributed by atoms with Gasteiger partial charge in [-0.3, -0.25) is 9.69 Å². The molecule has 0 N–H and O–H groups in total. The summed E-state index contributed by atoms with van der Waals surface area (Å²) < 4.78 is 15.0. The molecule has 6 nitrogen and oxygen atoms in total. The molecule has 0 radical (unpaired) electrons. The fourth-order valence-corrected chi connectivity index (χ4v) is 5.06. The molecule has 1 unspecified atom stereocenters. The third kappa shape index (κ3) is 5.95. The van der Waals surface area contributed by atoms with E-state index in [1.54, 1.807) is 16.8 Å². The topological polar surface area (TPSA) is 44.6 Å². The van der Waals surface area contributed by atoms with Gasteiger partial charge in [-0.2, -0.15) is 5.10 Å². The maximum Gasteiger partial charge on any atom is 0.222 e. The van der Waals surface area contributed by atoms with Crippen LogP contribution in [-0.4, -0.2) is 76.7 Å². The van der Waals surface area contributed by atoms with Crippen molar-refractivity contribution in [2.24, 2.45) is 5.92 Å². The Morgan fingerprint density at radius 2 is 1.91 bits per heavy atom. The van der Waals surface area contributed by atoms with Crippen LogP contribution in [0.4, 0.5) is 4.39 Å². The van der Waals surface area contributed by atoms with Gasteiger partial charge < -0.3 is 9.80 Å². The number of halogens is 1. The molecule has 2 aromatic rings. The third-order valence-electron chi connectivity index (χ3n) is 7.13. The van der Waals surface area contributed by atoms with Gasteiger partial charge in [0.15, 0.2) is 0 Å². The fraction of sp³-hybridized carbons (Fsp3) is 0.600. The first-order valence-corrected chi connectivity index (χ1v) is 11.9. The van der Waals surface area contributed by atoms with Crippen LogP contribution in [0.3, 0.4) is 0 Å². The lowest BCUT2D eigenvalue weighted by Gasteiger charge is -2.36. The van der Waals surface area contributed by atoms with E-state index in [0.717, 1.165) is 63.2 Å². The zero-order valence-corrected chi connectivity index (χ0v) is 19.4. The summed E-state index contributed by atoms with van der Waals surface area (Å²) in [5.74, 6) is 0.638. The number of aromatic nitrogens is 2. The van der Waals surface area contributed by atoms with Crippen molar-refractivity contribution < 1.29 is 9.18 Å². The van der Waals surface area contributed by atoms with E-state index in [9.17, 15) is 9.18 Å². The molecule has 7 heteroatoms. The van der Waals surface area contributed by atoms with Crippen LogP contribution in [-0.2, 0) is 11.3 Å². The van der Waals surface area contributed by atoms with E-state index in [4.69, 9.17) is 0 Å². The number of piperidine rings is 2. The van der Waals surface area contributed by atoms with Crippen LogP contribution in [0.1, 0.15) is 44.1 Å². The molecule has 0 aliphatic carbocycles. The van der Waals surface area contributed by atoms with E-state index < -0.39 is 0 Å². The average molecular weight is 442 g/mol. The zero-order chi connectivity index (χ0) is 22.5. The SMILES string of the molecule is CN1CCC(N(C)C(=O)CCC2CCCN(Cc3cnn(-c4ccc(F)cc4)c3)C2)CC1. The van der Waals surface area contributed by atoms with Gasteiger partial charge in [-0.15, -0.1) is 0 Å². The number of amides is 1. The van der Waals surface area contributed by atoms with Crippen molar-refractivity contribution in [3.8, 4) is 5.69 Å². The molecule has 1 aromatic heterocycles. The second kappa shape index (κ2) is 10.6. The molecule has 2 aliphatic heterocycles. The molecule has 174 valence electrons. The summed E-state index contributed by atoms with van der Waals surface area (Å²) in [6.07, 6.45) is 10.1. The average Bonchev–Trinajstić information content (AvgIpc) is 3.26. The summed E-state index contributed by atoms with van der Waals surface area (Å²) in [5.41, 5.74) is 2.02. The van der Waals surface area contributed by atoms with Gasteiger partial charge in [0.05, 0.1) is 11.9 Å². The Kier molecular flexibility index (Phi) is 7.58. The van der Waals surface area contributed by atoms with Crippen molar-refractivity contribution >= 4 is 5.91 Å². The highest BCUT2D eigenvalue weighted by molar-refractivity contribution is 5.76. The quantitative estimate of drug-likeness (QED) is 0.659. The number of hydrogen-bond donors (Lipinski definition) is 0. The standard InChI is InChI=1S/C25H36FN5O/c1-28-14-11-23(12-15-28)29(2)25(32)10-5-20-4-3-13-30(17-20)18-21-16-27-31(19-21)24-8-6-22(26)7-9-24/h6-9,16,19-20,23H,3-5,10-15,17-18H2,1-2H3. The van der Waals surface area contributed by atoms with Gasteiger partial charge >= 0.3 is 0 Å². The van der Waals surface area contributed by atoms with E-state index >= 15 is 0 Å². The second-order valence-corrected chi connectivity index (χ2v) is 9.59. The van der Waals surface area contributed by atoms with Crippen LogP contribution in [0.5, 0.6) is 0 Å². The fourth-order valence-electron chi connectivity index (χ4n) is 5.06. The summed E-state index contributed by atoms with van der Waals surface area (Å²) in [7, 11) is 4.14. The molecule has 1 atom stereocenters. The maximum atomic E-state index is 13.2. The van der Waals surface area contributed by atoms with E-state index in [0.29, 0.717) is 24.3 Å². The van der Waals surface area contributed by atoms with Crippen LogP contribution in [0.15, 0.2) is 36.7 Å². The maximum absolute atomic E-state index is 13.2. The third-order valence-corrected chi connectivity index (χ3v) is 7.13. The Morgan fingerprint density at radius 3 is 2.66 bits per heavy atom. The number of rotatable bonds is 7. The minimum atomic E-state index is -0.239. The lowest BCUT2D eigenvalue weighted by Crippen LogP contribution is -2.44. The minimum absolute atomic E-state index is 0.239. The molecule has 1 aromatic carbocycles. The molecule has 0 bridgehead atoms. The van der Waals surface area contributed by atoms with Crippen molar-refractivity contribution in [2.45, 2.75) is 51.1 Å². The van der Waals surface area contributed by atoms with Crippen LogP contribution >= 0.6 is 0 Å². The highest BCUT2D eigenvalue weighted by atomic mass is 19.1. The molecule has 2 aliphatic rings. The monoisotopic (exact) mass is 441 g/mol. The van der Waals surface area contributed by atoms with Crippen LogP contribution in [0.25, 0.3) is 5.69 Å². The number of hydrogen-bond acceptors (Lipinski definition) is 4. The molecule has 2 fully saturated rings. The van der Waals surface area contributed by atoms with Crippen LogP contribution < -0.4 is 0 Å². The normalized spacial score (nSPS) is 21.0. The van der Waals surface area contributed by atoms with Gasteiger partial charge in [-0.25, -0.2) is 9.07 Å². The molecule has 1 amide bonds. The van der Waals surface area contributed by atoms with E-state index in [1.807, 2.05) is 24.3 Å². The number of carbonyl (C=O) groups excluding carboxylic acids is 1. The lowest BCUT2D eigenvalue weighted by atomic mass is 9.92. The van der Waals surface area contributed by atoms with Gasteiger partial charge in [0.2, 0.25) is 5.91 Å². The molecule has 4 rings (SSSR count). The molecule has 0 saturated carbocycles. The Labute approximate surface area is 191 Å². The molecular formula is C25H36FN5O. The van der Waals surface area contributed by atoms with Crippen LogP contribution in [0.2, 0.25) is 0 Å². The summed E-state index contributed by atoms with van der Waals surface area (Å²) in [6, 6.07) is 6.79. The summed E-state index contributed by atoms with van der Waals surface area (Å²) in [6.45, 7) is 5.14. The summed E-state index contributed by atoms with van der Waals surface area (Å²) >= 11 is 0. The molecule has 3 heterocycles. The van der Waals surface area contributed by atoms with Crippen LogP contribution in [0, 0.1) is 11.7 Å². The Hall–Kier alpha value is -2.25. The largest absolute Gasteiger partial charge is 0.343 e. The smallest absolute Gasteiger partial charge is 0.222 e. The molecule has 32 heavy (non-hydrogen) atoms. The Balaban J connectivity index is 1.24. The van der Waals surface area contributed by atoms with Crippen molar-refractivity contribution in [2.75, 3.05) is 40.3 Å². The lowest BCUT2D eigenvalue weighted by molar-refractivity contribution is -0.133. The summed E-state index contributed by atoms with van der Waals surface area (Å²) in [4.78, 5) is 19.6. The minimum Gasteiger partial charge on any atom is -0.343 e. The first kappa shape index (κ1) is 22.9. The van der Waals surface area contributed by atoms with E-state index in [-0.39, 0.29) is 5.82 Å². The second-order valence-electron chi connectivity index (χ2n) is 9.59. The summed E-state index contributed by atoms with van der Waals surface area (Å²) in [5, 5.41) is 4.44. The highest BCUT2D eigenvalue weighted by Crippen LogP contribution is 2.24. The first-order valence-electron chi connectivity index (χ1n) is 11.9. The van der Waals surface area contributed by atoms with Gasteiger partial charge in [0, 0.05) is 44.4 Å². The van der Waals surface area contributed by atoms with Gasteiger partial charge in [-0.1, -0.05) is 0 Å². The van der Waals surface area contributed by atoms with Crippen molar-refractivity contribution in [3.05, 3.63) is 48.0 Å². The first-order chi connectivity index (χ1) is 15.5. The molecular weight excluding hydrogens is 405 g/mol. The number of carbonyl (C=O) groups is 1. The Bertz CT molecular complexity index is 875. The molecule has 0 spiro atoms. The van der Waals surface area contributed by atoms with E-state index in [1.165, 1.54) is 25.0 Å². The van der Waals surface area contributed by atoms with Gasteiger partial charge in [-0.05, 0) is 89.0 Å². The predicted molar refractivity (Wildman–Crippen MR) is 124 cm³/mol. The van der Waals surface area contributed by atoms with Gasteiger partial charge in [0.25, 0.3) is 0 Å². The van der Waals surface area contributed by atoms with Gasteiger partial charge in [0.1, 0.15) is 5.82 Å². The Morgan fingerprint density at radius 1 is 1.16 bits per heavy atom. The highest BCUT2D eigenvalue weighted by Gasteiger charge is 2.26. The molecule has 2 saturated heterocycles. The van der Waals surface area contributed by atoms with Crippen molar-refractivity contribution in [1.29, 1.82) is 0 Å². The van der Waals surface area contributed by atoms with Crippen molar-refractivity contribution in [1.82, 2.24) is 24.5 Å². The number of likely N-dealkylation sites (tertiary alicyclic amines) is 2. The van der Waals surface area contributed by atoms with E-state index in [2.05, 4.69) is 21.9 Å².